The highest BCUT2D eigenvalue weighted by molar-refractivity contribution is 7.92. The minimum atomic E-state index is -3.48. The van der Waals surface area contributed by atoms with Crippen LogP contribution in [0.3, 0.4) is 0 Å². The molecule has 0 saturated heterocycles. The van der Waals surface area contributed by atoms with Crippen LogP contribution in [0.2, 0.25) is 0 Å². The maximum atomic E-state index is 11.9. The molecule has 2 atom stereocenters. The van der Waals surface area contributed by atoms with Crippen LogP contribution in [0.1, 0.15) is 12.5 Å². The molecule has 0 aromatic heterocycles. The zero-order valence-corrected chi connectivity index (χ0v) is 9.03. The lowest BCUT2D eigenvalue weighted by Crippen LogP contribution is -2.29. The van der Waals surface area contributed by atoms with Gasteiger partial charge in [0.05, 0.1) is 16.2 Å². The molecule has 2 rings (SSSR count). The van der Waals surface area contributed by atoms with Crippen LogP contribution in [0.4, 0.5) is 0 Å². The van der Waals surface area contributed by atoms with Crippen molar-refractivity contribution >= 4 is 9.84 Å². The second-order valence-corrected chi connectivity index (χ2v) is 5.92. The Labute approximate surface area is 88.1 Å². The number of rotatable bonds is 1. The molecule has 1 aromatic carbocycles. The molecule has 1 aliphatic rings. The first-order chi connectivity index (χ1) is 6.94. The molecule has 2 unspecified atom stereocenters. The largest absolute Gasteiger partial charge is 0.508 e. The van der Waals surface area contributed by atoms with Crippen molar-refractivity contribution in [1.29, 1.82) is 0 Å². The van der Waals surface area contributed by atoms with Crippen LogP contribution in [0.15, 0.2) is 23.1 Å². The van der Waals surface area contributed by atoms with Gasteiger partial charge >= 0.3 is 0 Å². The second-order valence-electron chi connectivity index (χ2n) is 3.78. The van der Waals surface area contributed by atoms with E-state index in [4.69, 9.17) is 0 Å². The van der Waals surface area contributed by atoms with Crippen molar-refractivity contribution in [3.05, 3.63) is 23.8 Å². The van der Waals surface area contributed by atoms with Gasteiger partial charge in [-0.05, 0) is 25.5 Å². The lowest BCUT2D eigenvalue weighted by atomic mass is 10.1. The fourth-order valence-electron chi connectivity index (χ4n) is 1.93. The van der Waals surface area contributed by atoms with Crippen molar-refractivity contribution in [1.82, 2.24) is 0 Å². The molecule has 5 heteroatoms. The molecule has 0 fully saturated rings. The smallest absolute Gasteiger partial charge is 0.184 e. The first-order valence-corrected chi connectivity index (χ1v) is 6.22. The predicted octanol–water partition coefficient (Wildman–Crippen LogP) is 0.471. The summed E-state index contributed by atoms with van der Waals surface area (Å²) in [7, 11) is -3.48. The van der Waals surface area contributed by atoms with Crippen molar-refractivity contribution in [2.75, 3.05) is 0 Å². The predicted molar refractivity (Wildman–Crippen MR) is 54.5 cm³/mol. The van der Waals surface area contributed by atoms with Crippen molar-refractivity contribution in [3.63, 3.8) is 0 Å². The summed E-state index contributed by atoms with van der Waals surface area (Å²) in [5.74, 6) is -0.0146. The lowest BCUT2D eigenvalue weighted by Gasteiger charge is -2.11. The van der Waals surface area contributed by atoms with Crippen LogP contribution in [-0.2, 0) is 16.3 Å². The van der Waals surface area contributed by atoms with Crippen LogP contribution < -0.4 is 0 Å². The quantitative estimate of drug-likeness (QED) is 0.732. The average Bonchev–Trinajstić information content (AvgIpc) is 2.40. The van der Waals surface area contributed by atoms with Crippen LogP contribution in [0.5, 0.6) is 5.75 Å². The highest BCUT2D eigenvalue weighted by Gasteiger charge is 2.40. The molecule has 0 spiro atoms. The highest BCUT2D eigenvalue weighted by atomic mass is 32.2. The third-order valence-corrected chi connectivity index (χ3v) is 5.11. The SMILES string of the molecule is CC(O)C1Cc2c(O)cccc2S1(=O)=O. The van der Waals surface area contributed by atoms with E-state index in [1.807, 2.05) is 0 Å². The Balaban J connectivity index is 2.62. The lowest BCUT2D eigenvalue weighted by molar-refractivity contribution is 0.188. The third-order valence-electron chi connectivity index (χ3n) is 2.76. The molecular formula is C10H12O4S. The standard InChI is InChI=1S/C10H12O4S/c1-6(11)10-5-7-8(12)3-2-4-9(7)15(10,13)14/h2-4,6,10-12H,5H2,1H3. The van der Waals surface area contributed by atoms with E-state index in [1.165, 1.54) is 25.1 Å². The van der Waals surface area contributed by atoms with Crippen LogP contribution in [0, 0.1) is 0 Å². The molecule has 0 aliphatic carbocycles. The number of aromatic hydroxyl groups is 1. The molecule has 0 amide bonds. The van der Waals surface area contributed by atoms with Gasteiger partial charge < -0.3 is 10.2 Å². The monoisotopic (exact) mass is 228 g/mol. The van der Waals surface area contributed by atoms with E-state index in [9.17, 15) is 18.6 Å². The van der Waals surface area contributed by atoms with Crippen molar-refractivity contribution in [3.8, 4) is 5.75 Å². The number of fused-ring (bicyclic) bond motifs is 1. The number of phenols is 1. The Bertz CT molecular complexity index is 490. The molecule has 1 aliphatic heterocycles. The number of benzene rings is 1. The maximum Gasteiger partial charge on any atom is 0.184 e. The molecule has 0 radical (unpaired) electrons. The maximum absolute atomic E-state index is 11.9. The minimum absolute atomic E-state index is 0.0146. The zero-order valence-electron chi connectivity index (χ0n) is 8.21. The van der Waals surface area contributed by atoms with Gasteiger partial charge in [0.15, 0.2) is 9.84 Å². The van der Waals surface area contributed by atoms with Gasteiger partial charge in [0.1, 0.15) is 5.75 Å². The molecule has 1 heterocycles. The van der Waals surface area contributed by atoms with Gasteiger partial charge in [-0.1, -0.05) is 6.07 Å². The Morgan fingerprint density at radius 1 is 1.47 bits per heavy atom. The van der Waals surface area contributed by atoms with Gasteiger partial charge in [0, 0.05) is 5.56 Å². The van der Waals surface area contributed by atoms with Crippen LogP contribution >= 0.6 is 0 Å². The second kappa shape index (κ2) is 3.21. The van der Waals surface area contributed by atoms with E-state index in [0.29, 0.717) is 5.56 Å². The fourth-order valence-corrected chi connectivity index (χ4v) is 3.96. The highest BCUT2D eigenvalue weighted by Crippen LogP contribution is 2.37. The fraction of sp³-hybridized carbons (Fsp3) is 0.400. The molecule has 0 bridgehead atoms. The number of phenolic OH excluding ortho intramolecular Hbond substituents is 1. The Morgan fingerprint density at radius 3 is 2.67 bits per heavy atom. The van der Waals surface area contributed by atoms with Gasteiger partial charge in [-0.2, -0.15) is 0 Å². The molecule has 82 valence electrons. The van der Waals surface area contributed by atoms with Crippen molar-refractivity contribution in [2.24, 2.45) is 0 Å². The molecule has 2 N–H and O–H groups in total. The summed E-state index contributed by atoms with van der Waals surface area (Å²) < 4.78 is 23.8. The number of hydrogen-bond donors (Lipinski definition) is 2. The summed E-state index contributed by atoms with van der Waals surface area (Å²) in [5.41, 5.74) is 0.420. The van der Waals surface area contributed by atoms with Gasteiger partial charge in [0.2, 0.25) is 0 Å². The molecule has 15 heavy (non-hydrogen) atoms. The molecule has 4 nitrogen and oxygen atoms in total. The minimum Gasteiger partial charge on any atom is -0.508 e. The Morgan fingerprint density at radius 2 is 2.13 bits per heavy atom. The number of hydrogen-bond acceptors (Lipinski definition) is 4. The van der Waals surface area contributed by atoms with E-state index >= 15 is 0 Å². The van der Waals surface area contributed by atoms with Gasteiger partial charge in [-0.3, -0.25) is 0 Å². The summed E-state index contributed by atoms with van der Waals surface area (Å²) in [4.78, 5) is 0.147. The Kier molecular flexibility index (Phi) is 2.24. The summed E-state index contributed by atoms with van der Waals surface area (Å²) in [6, 6.07) is 4.42. The van der Waals surface area contributed by atoms with Crippen LogP contribution in [0.25, 0.3) is 0 Å². The van der Waals surface area contributed by atoms with Gasteiger partial charge in [-0.25, -0.2) is 8.42 Å². The van der Waals surface area contributed by atoms with Gasteiger partial charge in [0.25, 0.3) is 0 Å². The summed E-state index contributed by atoms with van der Waals surface area (Å²) in [6.07, 6.45) is -0.746. The summed E-state index contributed by atoms with van der Waals surface area (Å²) in [5, 5.41) is 18.1. The average molecular weight is 228 g/mol. The third kappa shape index (κ3) is 1.42. The first-order valence-electron chi connectivity index (χ1n) is 4.67. The number of aliphatic hydroxyl groups excluding tert-OH is 1. The molecular weight excluding hydrogens is 216 g/mol. The van der Waals surface area contributed by atoms with E-state index in [0.717, 1.165) is 0 Å². The topological polar surface area (TPSA) is 74.6 Å². The van der Waals surface area contributed by atoms with E-state index in [2.05, 4.69) is 0 Å². The zero-order chi connectivity index (χ0) is 11.2. The van der Waals surface area contributed by atoms with Crippen molar-refractivity contribution in [2.45, 2.75) is 29.6 Å². The number of aliphatic hydroxyl groups is 1. The molecule has 1 aromatic rings. The van der Waals surface area contributed by atoms with E-state index in [-0.39, 0.29) is 17.1 Å². The van der Waals surface area contributed by atoms with Crippen LogP contribution in [-0.4, -0.2) is 30.0 Å². The van der Waals surface area contributed by atoms with Gasteiger partial charge in [-0.15, -0.1) is 0 Å². The summed E-state index contributed by atoms with van der Waals surface area (Å²) in [6.45, 7) is 1.45. The summed E-state index contributed by atoms with van der Waals surface area (Å²) >= 11 is 0. The number of sulfone groups is 1. The Hall–Kier alpha value is -1.07. The first kappa shape index (κ1) is 10.4. The molecule has 0 saturated carbocycles. The van der Waals surface area contributed by atoms with E-state index in [1.54, 1.807) is 0 Å². The normalized spacial score (nSPS) is 24.8. The van der Waals surface area contributed by atoms with E-state index < -0.39 is 21.2 Å². The van der Waals surface area contributed by atoms with Crippen molar-refractivity contribution < 1.29 is 18.6 Å².